The molecule has 10 heteroatoms. The van der Waals surface area contributed by atoms with E-state index in [9.17, 15) is 23.2 Å². The van der Waals surface area contributed by atoms with E-state index in [-0.39, 0.29) is 43.3 Å². The van der Waals surface area contributed by atoms with Gasteiger partial charge in [-0.05, 0) is 47.5 Å². The highest BCUT2D eigenvalue weighted by atomic mass is 35.5. The van der Waals surface area contributed by atoms with Crippen LogP contribution in [0, 0.1) is 0 Å². The van der Waals surface area contributed by atoms with E-state index in [4.69, 9.17) is 46.4 Å². The molecule has 0 aromatic heterocycles. The highest BCUT2D eigenvalue weighted by Gasteiger charge is 2.50. The van der Waals surface area contributed by atoms with Gasteiger partial charge >= 0.3 is 0 Å². The molecule has 0 saturated heterocycles. The van der Waals surface area contributed by atoms with E-state index in [1.807, 2.05) is 0 Å². The fraction of sp³-hybridized carbons (Fsp3) is 0.0526. The SMILES string of the molecule is O=S(=O)(O)C(c1ccc(Cl)cc1)(c1cc(O)cc(Cl)c1)c1ccc(O)c(Cl)c1Cl. The summed E-state index contributed by atoms with van der Waals surface area (Å²) in [5, 5.41) is 19.6. The van der Waals surface area contributed by atoms with E-state index in [0.717, 1.165) is 12.1 Å². The van der Waals surface area contributed by atoms with Crippen LogP contribution in [0.15, 0.2) is 54.6 Å². The number of phenolic OH excluding ortho intramolecular Hbond substituents is 2. The Hall–Kier alpha value is -1.67. The van der Waals surface area contributed by atoms with Gasteiger partial charge in [0.2, 0.25) is 0 Å². The van der Waals surface area contributed by atoms with Crippen LogP contribution in [-0.4, -0.2) is 23.2 Å². The Labute approximate surface area is 186 Å². The maximum atomic E-state index is 12.9. The lowest BCUT2D eigenvalue weighted by molar-refractivity contribution is 0.455. The number of phenols is 2. The minimum absolute atomic E-state index is 0.0167. The molecule has 1 atom stereocenters. The van der Waals surface area contributed by atoms with Crippen molar-refractivity contribution < 1.29 is 23.2 Å². The summed E-state index contributed by atoms with van der Waals surface area (Å²) in [7, 11) is -5.02. The summed E-state index contributed by atoms with van der Waals surface area (Å²) in [6.45, 7) is 0. The van der Waals surface area contributed by atoms with Crippen LogP contribution in [0.25, 0.3) is 0 Å². The lowest BCUT2D eigenvalue weighted by Gasteiger charge is -2.33. The van der Waals surface area contributed by atoms with Crippen molar-refractivity contribution in [3.8, 4) is 11.5 Å². The highest BCUT2D eigenvalue weighted by Crippen LogP contribution is 2.50. The Kier molecular flexibility index (Phi) is 5.98. The normalized spacial score (nSPS) is 13.8. The van der Waals surface area contributed by atoms with Crippen LogP contribution in [0.4, 0.5) is 0 Å². The number of aromatic hydroxyl groups is 2. The Morgan fingerprint density at radius 1 is 0.724 bits per heavy atom. The van der Waals surface area contributed by atoms with Crippen LogP contribution in [0.2, 0.25) is 20.1 Å². The number of halogens is 4. The molecule has 1 unspecified atom stereocenters. The van der Waals surface area contributed by atoms with E-state index >= 15 is 0 Å². The molecule has 0 amide bonds. The van der Waals surface area contributed by atoms with Crippen molar-refractivity contribution >= 4 is 56.5 Å². The molecule has 29 heavy (non-hydrogen) atoms. The molecular formula is C19H12Cl4O5S. The number of benzene rings is 3. The van der Waals surface area contributed by atoms with Crippen molar-refractivity contribution in [3.05, 3.63) is 91.4 Å². The van der Waals surface area contributed by atoms with E-state index in [0.29, 0.717) is 5.02 Å². The average Bonchev–Trinajstić information content (AvgIpc) is 2.61. The third-order valence-electron chi connectivity index (χ3n) is 4.37. The summed E-state index contributed by atoms with van der Waals surface area (Å²) < 4.78 is 34.0. The molecule has 0 aliphatic carbocycles. The van der Waals surface area contributed by atoms with Gasteiger partial charge in [0, 0.05) is 15.6 Å². The summed E-state index contributed by atoms with van der Waals surface area (Å²) in [5.74, 6) is -0.717. The summed E-state index contributed by atoms with van der Waals surface area (Å²) in [6, 6.07) is 11.6. The first kappa shape index (κ1) is 22.0. The van der Waals surface area contributed by atoms with Gasteiger partial charge in [-0.3, -0.25) is 4.55 Å². The molecule has 0 spiro atoms. The van der Waals surface area contributed by atoms with E-state index < -0.39 is 14.9 Å². The zero-order chi connectivity index (χ0) is 21.6. The summed E-state index contributed by atoms with van der Waals surface area (Å²) >= 11 is 24.3. The first-order valence-corrected chi connectivity index (χ1v) is 10.8. The van der Waals surface area contributed by atoms with Crippen LogP contribution < -0.4 is 0 Å². The molecule has 3 aromatic rings. The first-order chi connectivity index (χ1) is 13.5. The predicted octanol–water partition coefficient (Wildman–Crippen LogP) is 5.89. The summed E-state index contributed by atoms with van der Waals surface area (Å²) in [5.41, 5.74) is -0.209. The van der Waals surface area contributed by atoms with Crippen LogP contribution >= 0.6 is 46.4 Å². The van der Waals surface area contributed by atoms with Crippen LogP contribution in [0.3, 0.4) is 0 Å². The lowest BCUT2D eigenvalue weighted by Crippen LogP contribution is -2.38. The molecule has 0 heterocycles. The van der Waals surface area contributed by atoms with Crippen LogP contribution in [0.1, 0.15) is 16.7 Å². The average molecular weight is 494 g/mol. The zero-order valence-electron chi connectivity index (χ0n) is 14.3. The van der Waals surface area contributed by atoms with Crippen molar-refractivity contribution in [2.24, 2.45) is 0 Å². The van der Waals surface area contributed by atoms with Crippen molar-refractivity contribution in [1.29, 1.82) is 0 Å². The standard InChI is InChI=1S/C19H12Cl4O5S/c20-12-3-1-10(2-4-12)19(29(26,27)28,11-7-13(21)9-14(24)8-11)15-5-6-16(25)18(23)17(15)22/h1-9,24-25H,(H,26,27,28). The number of rotatable bonds is 4. The molecule has 3 N–H and O–H groups in total. The quantitative estimate of drug-likeness (QED) is 0.311. The van der Waals surface area contributed by atoms with Gasteiger partial charge in [-0.15, -0.1) is 0 Å². The van der Waals surface area contributed by atoms with E-state index in [1.165, 1.54) is 42.5 Å². The maximum absolute atomic E-state index is 12.9. The molecule has 0 saturated carbocycles. The van der Waals surface area contributed by atoms with Gasteiger partial charge in [0.05, 0.1) is 5.02 Å². The molecule has 0 bridgehead atoms. The number of hydrogen-bond donors (Lipinski definition) is 3. The molecule has 152 valence electrons. The van der Waals surface area contributed by atoms with Gasteiger partial charge < -0.3 is 10.2 Å². The van der Waals surface area contributed by atoms with Crippen molar-refractivity contribution in [1.82, 2.24) is 0 Å². The molecule has 3 rings (SSSR count). The monoisotopic (exact) mass is 492 g/mol. The smallest absolute Gasteiger partial charge is 0.283 e. The minimum atomic E-state index is -5.02. The van der Waals surface area contributed by atoms with Gasteiger partial charge in [0.15, 0.2) is 4.75 Å². The molecule has 0 aliphatic rings. The van der Waals surface area contributed by atoms with Gasteiger partial charge in [0.1, 0.15) is 16.5 Å². The van der Waals surface area contributed by atoms with Crippen molar-refractivity contribution in [2.45, 2.75) is 4.75 Å². The highest BCUT2D eigenvalue weighted by molar-refractivity contribution is 7.87. The minimum Gasteiger partial charge on any atom is -0.508 e. The molecule has 5 nitrogen and oxygen atoms in total. The maximum Gasteiger partial charge on any atom is 0.283 e. The van der Waals surface area contributed by atoms with E-state index in [2.05, 4.69) is 0 Å². The second-order valence-electron chi connectivity index (χ2n) is 6.12. The Balaban J connectivity index is 2.58. The van der Waals surface area contributed by atoms with Crippen LogP contribution in [-0.2, 0) is 14.9 Å². The lowest BCUT2D eigenvalue weighted by atomic mass is 9.83. The molecule has 0 fully saturated rings. The fourth-order valence-electron chi connectivity index (χ4n) is 3.19. The third-order valence-corrected chi connectivity index (χ3v) is 7.18. The van der Waals surface area contributed by atoms with Crippen molar-refractivity contribution in [3.63, 3.8) is 0 Å². The zero-order valence-corrected chi connectivity index (χ0v) is 18.1. The molecule has 0 aliphatic heterocycles. The largest absolute Gasteiger partial charge is 0.508 e. The topological polar surface area (TPSA) is 94.8 Å². The Morgan fingerprint density at radius 3 is 1.90 bits per heavy atom. The fourth-order valence-corrected chi connectivity index (χ4v) is 5.36. The first-order valence-electron chi connectivity index (χ1n) is 7.89. The third kappa shape index (κ3) is 3.77. The Bertz CT molecular complexity index is 1180. The number of hydrogen-bond acceptors (Lipinski definition) is 4. The molecule has 3 aromatic carbocycles. The van der Waals surface area contributed by atoms with Gasteiger partial charge in [-0.1, -0.05) is 64.6 Å². The van der Waals surface area contributed by atoms with Crippen LogP contribution in [0.5, 0.6) is 11.5 Å². The van der Waals surface area contributed by atoms with Crippen molar-refractivity contribution in [2.75, 3.05) is 0 Å². The Morgan fingerprint density at radius 2 is 1.34 bits per heavy atom. The van der Waals surface area contributed by atoms with Gasteiger partial charge in [0.25, 0.3) is 10.1 Å². The molecular weight excluding hydrogens is 482 g/mol. The second-order valence-corrected chi connectivity index (χ2v) is 9.31. The predicted molar refractivity (Wildman–Crippen MR) is 114 cm³/mol. The summed E-state index contributed by atoms with van der Waals surface area (Å²) in [6.07, 6.45) is 0. The summed E-state index contributed by atoms with van der Waals surface area (Å²) in [4.78, 5) is 0. The molecule has 0 radical (unpaired) electrons. The van der Waals surface area contributed by atoms with Gasteiger partial charge in [-0.25, -0.2) is 0 Å². The second kappa shape index (κ2) is 7.87. The van der Waals surface area contributed by atoms with E-state index in [1.54, 1.807) is 0 Å². The van der Waals surface area contributed by atoms with Gasteiger partial charge in [-0.2, -0.15) is 8.42 Å².